The van der Waals surface area contributed by atoms with Crippen LogP contribution in [0, 0.1) is 11.8 Å². The zero-order valence-electron chi connectivity index (χ0n) is 21.8. The summed E-state index contributed by atoms with van der Waals surface area (Å²) in [6.07, 6.45) is 13.2. The van der Waals surface area contributed by atoms with Gasteiger partial charge in [-0.3, -0.25) is 18.9 Å². The average molecular weight is 502 g/mol. The highest BCUT2D eigenvalue weighted by Crippen LogP contribution is 2.46. The summed E-state index contributed by atoms with van der Waals surface area (Å²) in [4.78, 5) is 30.7. The molecular formula is C28H35N7O2. The number of nitrogens with one attached hydrogen (secondary N) is 1. The number of rotatable bonds is 10. The van der Waals surface area contributed by atoms with Gasteiger partial charge in [0.2, 0.25) is 0 Å². The second kappa shape index (κ2) is 10.4. The lowest BCUT2D eigenvalue weighted by atomic mass is 9.67. The van der Waals surface area contributed by atoms with Gasteiger partial charge in [0.05, 0.1) is 6.04 Å². The molecule has 1 aliphatic heterocycles. The number of H-pyrrole nitrogens is 1. The molecule has 194 valence electrons. The molecule has 3 aromatic rings. The van der Waals surface area contributed by atoms with E-state index in [4.69, 9.17) is 0 Å². The standard InChI is InChI=1S/C28H35N7O2/c1-4-6-10-23-17-34(25-20(5-2)16-24(25)19(3)36)27(37)35(23)18-28(11-13-29-14-12-28)22-9-7-8-21(15-22)26-30-32-33-31-26/h7-9,11,13-15,17,20,24-25H,4-6,10,12,16,18H2,1-3H3,(H,30,31,32,33). The first kappa shape index (κ1) is 25.0. The van der Waals surface area contributed by atoms with Crippen LogP contribution in [0.2, 0.25) is 0 Å². The van der Waals surface area contributed by atoms with Gasteiger partial charge in [0, 0.05) is 47.7 Å². The minimum absolute atomic E-state index is 0.0219. The Balaban J connectivity index is 1.58. The van der Waals surface area contributed by atoms with Crippen LogP contribution in [0.25, 0.3) is 11.4 Å². The molecule has 2 aromatic heterocycles. The second-order valence-corrected chi connectivity index (χ2v) is 10.5. The highest BCUT2D eigenvalue weighted by atomic mass is 16.2. The fourth-order valence-electron chi connectivity index (χ4n) is 5.95. The lowest BCUT2D eigenvalue weighted by molar-refractivity contribution is -0.128. The van der Waals surface area contributed by atoms with Crippen LogP contribution < -0.4 is 5.69 Å². The number of unbranched alkanes of at least 4 members (excludes halogenated alkanes) is 1. The van der Waals surface area contributed by atoms with E-state index in [0.717, 1.165) is 48.9 Å². The number of aryl methyl sites for hydroxylation is 1. The summed E-state index contributed by atoms with van der Waals surface area (Å²) in [5.41, 5.74) is 2.51. The van der Waals surface area contributed by atoms with Crippen LogP contribution in [0.3, 0.4) is 0 Å². The number of aromatic nitrogens is 6. The van der Waals surface area contributed by atoms with Gasteiger partial charge in [-0.1, -0.05) is 51.0 Å². The van der Waals surface area contributed by atoms with Crippen molar-refractivity contribution < 1.29 is 4.79 Å². The van der Waals surface area contributed by atoms with E-state index in [1.165, 1.54) is 0 Å². The third-order valence-electron chi connectivity index (χ3n) is 8.23. The van der Waals surface area contributed by atoms with E-state index in [-0.39, 0.29) is 23.4 Å². The zero-order chi connectivity index (χ0) is 26.0. The van der Waals surface area contributed by atoms with Gasteiger partial charge in [-0.2, -0.15) is 0 Å². The topological polar surface area (TPSA) is 111 Å². The number of carbonyl (C=O) groups is 1. The lowest BCUT2D eigenvalue weighted by Crippen LogP contribution is -2.46. The summed E-state index contributed by atoms with van der Waals surface area (Å²) in [5, 5.41) is 14.3. The summed E-state index contributed by atoms with van der Waals surface area (Å²) in [7, 11) is 0. The van der Waals surface area contributed by atoms with E-state index in [0.29, 0.717) is 24.7 Å². The molecule has 1 aliphatic carbocycles. The van der Waals surface area contributed by atoms with Crippen molar-refractivity contribution in [1.29, 1.82) is 0 Å². The molecule has 0 bridgehead atoms. The maximum absolute atomic E-state index is 14.0. The molecule has 5 rings (SSSR count). The third-order valence-corrected chi connectivity index (χ3v) is 8.23. The number of tetrazole rings is 1. The molecule has 0 spiro atoms. The Bertz CT molecular complexity index is 1370. The van der Waals surface area contributed by atoms with Gasteiger partial charge in [0.15, 0.2) is 5.82 Å². The summed E-state index contributed by atoms with van der Waals surface area (Å²) in [5.74, 6) is 1.04. The highest BCUT2D eigenvalue weighted by molar-refractivity contribution is 5.80. The number of hydrogen-bond donors (Lipinski definition) is 1. The summed E-state index contributed by atoms with van der Waals surface area (Å²) in [6.45, 7) is 6.46. The molecule has 37 heavy (non-hydrogen) atoms. The molecule has 3 heterocycles. The molecule has 1 fully saturated rings. The first-order valence-corrected chi connectivity index (χ1v) is 13.3. The van der Waals surface area contributed by atoms with E-state index in [1.54, 1.807) is 6.92 Å². The van der Waals surface area contributed by atoms with Crippen molar-refractivity contribution >= 4 is 12.0 Å². The predicted octanol–water partition coefficient (Wildman–Crippen LogP) is 4.27. The van der Waals surface area contributed by atoms with Crippen LogP contribution in [0.1, 0.15) is 70.2 Å². The largest absolute Gasteiger partial charge is 0.328 e. The molecule has 0 saturated heterocycles. The van der Waals surface area contributed by atoms with Gasteiger partial charge in [-0.15, -0.1) is 5.10 Å². The van der Waals surface area contributed by atoms with Crippen molar-refractivity contribution in [3.05, 3.63) is 64.5 Å². The number of benzene rings is 1. The monoisotopic (exact) mass is 501 g/mol. The number of allylic oxidation sites excluding steroid dienone is 1. The van der Waals surface area contributed by atoms with Crippen molar-refractivity contribution in [1.82, 2.24) is 29.8 Å². The maximum atomic E-state index is 14.0. The number of hydrogen-bond acceptors (Lipinski definition) is 6. The SMILES string of the molecule is CCCCc1cn(C2C(CC)CC2C(C)=O)c(=O)n1CC1(c2cccc(-c3nnn[nH]3)c2)C=CN=CC1. The zero-order valence-corrected chi connectivity index (χ0v) is 21.8. The van der Waals surface area contributed by atoms with E-state index in [1.807, 2.05) is 39.9 Å². The average Bonchev–Trinajstić information content (AvgIpc) is 3.53. The van der Waals surface area contributed by atoms with Crippen molar-refractivity contribution in [2.24, 2.45) is 16.8 Å². The van der Waals surface area contributed by atoms with E-state index < -0.39 is 5.41 Å². The van der Waals surface area contributed by atoms with Crippen LogP contribution in [0.15, 0.2) is 52.5 Å². The number of nitrogens with zero attached hydrogens (tertiary/aromatic N) is 6. The van der Waals surface area contributed by atoms with Crippen molar-refractivity contribution in [3.63, 3.8) is 0 Å². The number of aromatic amines is 1. The maximum Gasteiger partial charge on any atom is 0.328 e. The summed E-state index contributed by atoms with van der Waals surface area (Å²) < 4.78 is 3.82. The van der Waals surface area contributed by atoms with E-state index in [2.05, 4.69) is 57.7 Å². The Morgan fingerprint density at radius 1 is 1.27 bits per heavy atom. The normalized spacial score (nSPS) is 24.8. The first-order valence-electron chi connectivity index (χ1n) is 13.3. The van der Waals surface area contributed by atoms with Crippen molar-refractivity contribution in [3.8, 4) is 11.4 Å². The Kier molecular flexibility index (Phi) is 7.04. The van der Waals surface area contributed by atoms with Crippen LogP contribution >= 0.6 is 0 Å². The van der Waals surface area contributed by atoms with Gasteiger partial charge < -0.3 is 0 Å². The third kappa shape index (κ3) is 4.63. The number of imidazole rings is 1. The highest BCUT2D eigenvalue weighted by Gasteiger charge is 2.45. The number of carbonyl (C=O) groups excluding carboxylic acids is 1. The predicted molar refractivity (Wildman–Crippen MR) is 142 cm³/mol. The van der Waals surface area contributed by atoms with Crippen LogP contribution in [0.4, 0.5) is 0 Å². The molecule has 9 nitrogen and oxygen atoms in total. The summed E-state index contributed by atoms with van der Waals surface area (Å²) >= 11 is 0. The number of Topliss-reactive ketones (excluding diaryl/α,β-unsaturated/α-hetero) is 1. The van der Waals surface area contributed by atoms with Crippen LogP contribution in [-0.2, 0) is 23.2 Å². The minimum atomic E-state index is -0.452. The van der Waals surface area contributed by atoms with Gasteiger partial charge in [-0.25, -0.2) is 9.89 Å². The molecule has 4 unspecified atom stereocenters. The number of aliphatic imine (C=N–C) groups is 1. The van der Waals surface area contributed by atoms with E-state index in [9.17, 15) is 9.59 Å². The molecule has 1 aromatic carbocycles. The Hall–Kier alpha value is -3.62. The van der Waals surface area contributed by atoms with Crippen LogP contribution in [-0.4, -0.2) is 41.8 Å². The molecule has 0 radical (unpaired) electrons. The molecule has 1 N–H and O–H groups in total. The molecule has 0 amide bonds. The van der Waals surface area contributed by atoms with Crippen molar-refractivity contribution in [2.45, 2.75) is 77.3 Å². The smallest absolute Gasteiger partial charge is 0.300 e. The molecule has 4 atom stereocenters. The minimum Gasteiger partial charge on any atom is -0.300 e. The number of ketones is 1. The lowest BCUT2D eigenvalue weighted by Gasteiger charge is -2.43. The Morgan fingerprint density at radius 2 is 2.14 bits per heavy atom. The fourth-order valence-corrected chi connectivity index (χ4v) is 5.95. The molecular weight excluding hydrogens is 466 g/mol. The van der Waals surface area contributed by atoms with E-state index >= 15 is 0 Å². The fraction of sp³-hybridized carbons (Fsp3) is 0.500. The Morgan fingerprint density at radius 3 is 2.81 bits per heavy atom. The second-order valence-electron chi connectivity index (χ2n) is 10.5. The van der Waals surface area contributed by atoms with Crippen molar-refractivity contribution in [2.75, 3.05) is 0 Å². The van der Waals surface area contributed by atoms with Gasteiger partial charge in [0.1, 0.15) is 5.78 Å². The van der Waals surface area contributed by atoms with Gasteiger partial charge >= 0.3 is 5.69 Å². The molecule has 2 aliphatic rings. The first-order chi connectivity index (χ1) is 18.0. The Labute approximate surface area is 216 Å². The molecule has 1 saturated carbocycles. The summed E-state index contributed by atoms with van der Waals surface area (Å²) in [6, 6.07) is 8.09. The van der Waals surface area contributed by atoms with Gasteiger partial charge in [0.25, 0.3) is 0 Å². The molecule has 9 heteroatoms. The quantitative estimate of drug-likeness (QED) is 0.446. The van der Waals surface area contributed by atoms with Crippen LogP contribution in [0.5, 0.6) is 0 Å². The van der Waals surface area contributed by atoms with Gasteiger partial charge in [-0.05, 0) is 60.6 Å².